The highest BCUT2D eigenvalue weighted by Gasteiger charge is 2.27. The van der Waals surface area contributed by atoms with E-state index in [1.807, 2.05) is 52.0 Å². The fraction of sp³-hybridized carbons (Fsp3) is 0.533. The number of ether oxygens (including phenoxy) is 1. The molecule has 112 valence electrons. The molecule has 4 nitrogen and oxygen atoms in total. The molecule has 5 heteroatoms. The third kappa shape index (κ3) is 5.02. The molecule has 0 radical (unpaired) electrons. The molecule has 0 heterocycles. The van der Waals surface area contributed by atoms with E-state index in [1.54, 1.807) is 0 Å². The molecule has 0 spiro atoms. The zero-order valence-corrected chi connectivity index (χ0v) is 13.3. The average Bonchev–Trinajstić information content (AvgIpc) is 2.34. The van der Waals surface area contributed by atoms with Crippen molar-refractivity contribution in [2.75, 3.05) is 13.1 Å². The van der Waals surface area contributed by atoms with Gasteiger partial charge in [-0.15, -0.1) is 0 Å². The summed E-state index contributed by atoms with van der Waals surface area (Å²) in [5.74, 6) is 0. The van der Waals surface area contributed by atoms with Crippen molar-refractivity contribution in [2.45, 2.75) is 38.7 Å². The molecule has 1 amide bonds. The number of nitrogens with one attached hydrogen (secondary N) is 1. The van der Waals surface area contributed by atoms with Gasteiger partial charge in [-0.2, -0.15) is 0 Å². The SMILES string of the molecule is CC(C)(C)OC(=O)NCC(C)(CN)c1cccc(Cl)c1. The predicted molar refractivity (Wildman–Crippen MR) is 82.1 cm³/mol. The first-order valence-electron chi connectivity index (χ1n) is 6.59. The summed E-state index contributed by atoms with van der Waals surface area (Å²) in [4.78, 5) is 11.7. The van der Waals surface area contributed by atoms with Crippen LogP contribution < -0.4 is 11.1 Å². The molecule has 1 aromatic carbocycles. The molecule has 0 fully saturated rings. The maximum absolute atomic E-state index is 11.7. The van der Waals surface area contributed by atoms with Gasteiger partial charge in [0.05, 0.1) is 0 Å². The fourth-order valence-corrected chi connectivity index (χ4v) is 1.93. The Hall–Kier alpha value is -1.26. The summed E-state index contributed by atoms with van der Waals surface area (Å²) >= 11 is 6.00. The van der Waals surface area contributed by atoms with Gasteiger partial charge in [0.15, 0.2) is 0 Å². The molecule has 3 N–H and O–H groups in total. The lowest BCUT2D eigenvalue weighted by Crippen LogP contribution is -2.45. The van der Waals surface area contributed by atoms with Crippen LogP contribution in [0.1, 0.15) is 33.3 Å². The Morgan fingerprint density at radius 2 is 2.00 bits per heavy atom. The van der Waals surface area contributed by atoms with Gasteiger partial charge < -0.3 is 15.8 Å². The topological polar surface area (TPSA) is 64.3 Å². The van der Waals surface area contributed by atoms with Crippen LogP contribution in [0.2, 0.25) is 5.02 Å². The Balaban J connectivity index is 2.74. The number of benzene rings is 1. The molecule has 1 unspecified atom stereocenters. The summed E-state index contributed by atoms with van der Waals surface area (Å²) in [6.07, 6.45) is -0.445. The first kappa shape index (κ1) is 16.8. The normalized spacial score (nSPS) is 14.5. The van der Waals surface area contributed by atoms with Gasteiger partial charge in [-0.1, -0.05) is 30.7 Å². The van der Waals surface area contributed by atoms with Crippen molar-refractivity contribution in [3.63, 3.8) is 0 Å². The second kappa shape index (κ2) is 6.46. The second-order valence-corrected chi connectivity index (χ2v) is 6.57. The lowest BCUT2D eigenvalue weighted by molar-refractivity contribution is 0.0516. The van der Waals surface area contributed by atoms with Crippen molar-refractivity contribution >= 4 is 17.7 Å². The molecule has 1 atom stereocenters. The molecule has 20 heavy (non-hydrogen) atoms. The summed E-state index contributed by atoms with van der Waals surface area (Å²) in [6, 6.07) is 7.50. The van der Waals surface area contributed by atoms with E-state index >= 15 is 0 Å². The van der Waals surface area contributed by atoms with Gasteiger partial charge in [0.2, 0.25) is 0 Å². The molecule has 1 aromatic rings. The van der Waals surface area contributed by atoms with Gasteiger partial charge in [0, 0.05) is 23.5 Å². The Morgan fingerprint density at radius 1 is 1.35 bits per heavy atom. The Morgan fingerprint density at radius 3 is 2.50 bits per heavy atom. The van der Waals surface area contributed by atoms with E-state index in [1.165, 1.54) is 0 Å². The van der Waals surface area contributed by atoms with E-state index in [4.69, 9.17) is 22.1 Å². The number of carbonyl (C=O) groups excluding carboxylic acids is 1. The van der Waals surface area contributed by atoms with Gasteiger partial charge in [0.1, 0.15) is 5.60 Å². The minimum Gasteiger partial charge on any atom is -0.444 e. The van der Waals surface area contributed by atoms with Gasteiger partial charge >= 0.3 is 6.09 Å². The zero-order chi connectivity index (χ0) is 15.4. The van der Waals surface area contributed by atoms with Crippen molar-refractivity contribution < 1.29 is 9.53 Å². The molecular weight excluding hydrogens is 276 g/mol. The monoisotopic (exact) mass is 298 g/mol. The molecule has 0 aliphatic carbocycles. The number of carbonyl (C=O) groups is 1. The van der Waals surface area contributed by atoms with Crippen LogP contribution in [0.3, 0.4) is 0 Å². The summed E-state index contributed by atoms with van der Waals surface area (Å²) < 4.78 is 5.22. The van der Waals surface area contributed by atoms with E-state index in [2.05, 4.69) is 5.32 Å². The summed E-state index contributed by atoms with van der Waals surface area (Å²) in [7, 11) is 0. The maximum Gasteiger partial charge on any atom is 0.407 e. The van der Waals surface area contributed by atoms with Crippen molar-refractivity contribution in [1.82, 2.24) is 5.32 Å². The smallest absolute Gasteiger partial charge is 0.407 e. The Labute approximate surface area is 125 Å². The van der Waals surface area contributed by atoms with Gasteiger partial charge in [0.25, 0.3) is 0 Å². The molecule has 0 aliphatic rings. The molecule has 0 aliphatic heterocycles. The minimum absolute atomic E-state index is 0.387. The van der Waals surface area contributed by atoms with E-state index in [9.17, 15) is 4.79 Å². The van der Waals surface area contributed by atoms with E-state index < -0.39 is 11.7 Å². The van der Waals surface area contributed by atoms with Crippen LogP contribution in [0.25, 0.3) is 0 Å². The average molecular weight is 299 g/mol. The Bertz CT molecular complexity index is 471. The largest absolute Gasteiger partial charge is 0.444 e. The van der Waals surface area contributed by atoms with Crippen molar-refractivity contribution in [1.29, 1.82) is 0 Å². The molecular formula is C15H23ClN2O2. The van der Waals surface area contributed by atoms with Crippen LogP contribution in [0.15, 0.2) is 24.3 Å². The number of halogens is 1. The standard InChI is InChI=1S/C15H23ClN2O2/c1-14(2,3)20-13(19)18-10-15(4,9-17)11-6-5-7-12(16)8-11/h5-8H,9-10,17H2,1-4H3,(H,18,19). The minimum atomic E-state index is -0.515. The molecule has 0 saturated heterocycles. The van der Waals surface area contributed by atoms with Crippen molar-refractivity contribution in [2.24, 2.45) is 5.73 Å². The molecule has 0 saturated carbocycles. The number of hydrogen-bond acceptors (Lipinski definition) is 3. The highest BCUT2D eigenvalue weighted by Crippen LogP contribution is 2.24. The van der Waals surface area contributed by atoms with E-state index in [0.717, 1.165) is 5.56 Å². The van der Waals surface area contributed by atoms with Gasteiger partial charge in [-0.05, 0) is 38.5 Å². The van der Waals surface area contributed by atoms with E-state index in [0.29, 0.717) is 18.1 Å². The van der Waals surface area contributed by atoms with Crippen LogP contribution in [0.4, 0.5) is 4.79 Å². The number of amides is 1. The van der Waals surface area contributed by atoms with Gasteiger partial charge in [-0.25, -0.2) is 4.79 Å². The van der Waals surface area contributed by atoms with E-state index in [-0.39, 0.29) is 5.41 Å². The van der Waals surface area contributed by atoms with Crippen LogP contribution >= 0.6 is 11.6 Å². The molecule has 0 bridgehead atoms. The lowest BCUT2D eigenvalue weighted by atomic mass is 9.82. The lowest BCUT2D eigenvalue weighted by Gasteiger charge is -2.29. The predicted octanol–water partition coefficient (Wildman–Crippen LogP) is 3.08. The van der Waals surface area contributed by atoms with Crippen LogP contribution in [-0.2, 0) is 10.2 Å². The first-order chi connectivity index (χ1) is 9.16. The van der Waals surface area contributed by atoms with Crippen molar-refractivity contribution in [3.8, 4) is 0 Å². The zero-order valence-electron chi connectivity index (χ0n) is 12.5. The maximum atomic E-state index is 11.7. The first-order valence-corrected chi connectivity index (χ1v) is 6.97. The third-order valence-corrected chi connectivity index (χ3v) is 3.23. The third-order valence-electron chi connectivity index (χ3n) is 2.99. The number of nitrogens with two attached hydrogens (primary N) is 1. The van der Waals surface area contributed by atoms with Crippen molar-refractivity contribution in [3.05, 3.63) is 34.9 Å². The quantitative estimate of drug-likeness (QED) is 0.898. The summed E-state index contributed by atoms with van der Waals surface area (Å²) in [6.45, 7) is 8.24. The number of rotatable bonds is 4. The summed E-state index contributed by atoms with van der Waals surface area (Å²) in [5, 5.41) is 3.42. The number of alkyl carbamates (subject to hydrolysis) is 1. The highest BCUT2D eigenvalue weighted by molar-refractivity contribution is 6.30. The highest BCUT2D eigenvalue weighted by atomic mass is 35.5. The van der Waals surface area contributed by atoms with Crippen LogP contribution in [-0.4, -0.2) is 24.8 Å². The number of hydrogen-bond donors (Lipinski definition) is 2. The molecule has 1 rings (SSSR count). The van der Waals surface area contributed by atoms with Gasteiger partial charge in [-0.3, -0.25) is 0 Å². The Kier molecular flexibility index (Phi) is 5.42. The second-order valence-electron chi connectivity index (χ2n) is 6.13. The fourth-order valence-electron chi connectivity index (χ4n) is 1.74. The molecule has 0 aromatic heterocycles. The summed E-state index contributed by atoms with van der Waals surface area (Å²) in [5.41, 5.74) is 5.96. The van der Waals surface area contributed by atoms with Crippen LogP contribution in [0.5, 0.6) is 0 Å². The van der Waals surface area contributed by atoms with Crippen LogP contribution in [0, 0.1) is 0 Å².